The van der Waals surface area contributed by atoms with Crippen molar-refractivity contribution in [3.05, 3.63) is 30.5 Å². The monoisotopic (exact) mass is 199 g/mol. The first-order chi connectivity index (χ1) is 7.29. The van der Waals surface area contributed by atoms with Gasteiger partial charge in [0.15, 0.2) is 0 Å². The number of rotatable bonds is 1. The molecule has 1 aromatic carbocycles. The van der Waals surface area contributed by atoms with Crippen molar-refractivity contribution in [2.24, 2.45) is 0 Å². The summed E-state index contributed by atoms with van der Waals surface area (Å²) in [5.74, 6) is 0. The average molecular weight is 199 g/mol. The van der Waals surface area contributed by atoms with E-state index in [-0.39, 0.29) is 0 Å². The Kier molecular flexibility index (Phi) is 1.63. The Bertz CT molecular complexity index is 616. The van der Waals surface area contributed by atoms with Crippen LogP contribution in [0.15, 0.2) is 30.5 Å². The second-order valence-electron chi connectivity index (χ2n) is 4.11. The second-order valence-corrected chi connectivity index (χ2v) is 4.11. The van der Waals surface area contributed by atoms with Crippen LogP contribution in [0.2, 0.25) is 0 Å². The predicted octanol–water partition coefficient (Wildman–Crippen LogP) is 3.10. The van der Waals surface area contributed by atoms with Gasteiger partial charge in [0, 0.05) is 11.4 Å². The lowest BCUT2D eigenvalue weighted by atomic mass is 10.2. The number of aromatic nitrogens is 3. The van der Waals surface area contributed by atoms with Crippen molar-refractivity contribution in [2.45, 2.75) is 19.9 Å². The van der Waals surface area contributed by atoms with Crippen molar-refractivity contribution < 1.29 is 0 Å². The fourth-order valence-electron chi connectivity index (χ4n) is 2.24. The van der Waals surface area contributed by atoms with Crippen LogP contribution >= 0.6 is 0 Å². The van der Waals surface area contributed by atoms with E-state index in [4.69, 9.17) is 0 Å². The summed E-state index contributed by atoms with van der Waals surface area (Å²) in [5.41, 5.74) is 3.60. The van der Waals surface area contributed by atoms with Gasteiger partial charge in [-0.05, 0) is 19.9 Å². The minimum absolute atomic E-state index is 0.449. The van der Waals surface area contributed by atoms with Crippen molar-refractivity contribution in [1.29, 1.82) is 0 Å². The number of H-pyrrole nitrogens is 1. The first-order valence-corrected chi connectivity index (χ1v) is 5.21. The molecule has 0 atom stereocenters. The zero-order chi connectivity index (χ0) is 10.4. The Hall–Kier alpha value is -1.77. The van der Waals surface area contributed by atoms with E-state index in [1.54, 1.807) is 0 Å². The Labute approximate surface area is 87.7 Å². The van der Waals surface area contributed by atoms with E-state index in [2.05, 4.69) is 52.9 Å². The molecule has 0 saturated carbocycles. The number of benzene rings is 1. The smallest absolute Gasteiger partial charge is 0.0908 e. The summed E-state index contributed by atoms with van der Waals surface area (Å²) >= 11 is 0. The molecule has 3 aromatic rings. The van der Waals surface area contributed by atoms with Crippen LogP contribution in [0.3, 0.4) is 0 Å². The standard InChI is InChI=1S/C12H13N3/c1-8(2)15-10-6-4-3-5-9(10)12-11(15)7-13-14-12/h3-8H,1-2H3,(H,13,14). The van der Waals surface area contributed by atoms with Gasteiger partial charge in [-0.1, -0.05) is 18.2 Å². The predicted molar refractivity (Wildman–Crippen MR) is 62.0 cm³/mol. The van der Waals surface area contributed by atoms with Crippen LogP contribution in [0.5, 0.6) is 0 Å². The maximum Gasteiger partial charge on any atom is 0.0908 e. The van der Waals surface area contributed by atoms with Crippen LogP contribution in [0.25, 0.3) is 21.9 Å². The second kappa shape index (κ2) is 2.86. The Morgan fingerprint density at radius 3 is 2.80 bits per heavy atom. The van der Waals surface area contributed by atoms with E-state index in [0.29, 0.717) is 6.04 Å². The minimum Gasteiger partial charge on any atom is -0.335 e. The topological polar surface area (TPSA) is 33.6 Å². The first-order valence-electron chi connectivity index (χ1n) is 5.21. The van der Waals surface area contributed by atoms with E-state index in [1.807, 2.05) is 6.20 Å². The number of fused-ring (bicyclic) bond motifs is 3. The van der Waals surface area contributed by atoms with Gasteiger partial charge in [-0.25, -0.2) is 0 Å². The van der Waals surface area contributed by atoms with E-state index >= 15 is 0 Å². The van der Waals surface area contributed by atoms with Gasteiger partial charge >= 0.3 is 0 Å². The maximum absolute atomic E-state index is 4.11. The molecular weight excluding hydrogens is 186 g/mol. The molecule has 0 radical (unpaired) electrons. The highest BCUT2D eigenvalue weighted by molar-refractivity contribution is 6.05. The summed E-state index contributed by atoms with van der Waals surface area (Å²) in [6.07, 6.45) is 1.90. The molecule has 76 valence electrons. The third-order valence-electron chi connectivity index (χ3n) is 2.83. The number of hydrogen-bond acceptors (Lipinski definition) is 1. The molecule has 2 aromatic heterocycles. The van der Waals surface area contributed by atoms with Gasteiger partial charge in [0.2, 0.25) is 0 Å². The van der Waals surface area contributed by atoms with Gasteiger partial charge in [-0.2, -0.15) is 5.10 Å². The Balaban J connectivity index is 2.58. The number of nitrogens with zero attached hydrogens (tertiary/aromatic N) is 2. The average Bonchev–Trinajstić information content (AvgIpc) is 2.75. The Morgan fingerprint density at radius 1 is 1.20 bits per heavy atom. The van der Waals surface area contributed by atoms with Crippen LogP contribution in [0, 0.1) is 0 Å². The summed E-state index contributed by atoms with van der Waals surface area (Å²) < 4.78 is 2.31. The highest BCUT2D eigenvalue weighted by Gasteiger charge is 2.12. The number of para-hydroxylation sites is 1. The lowest BCUT2D eigenvalue weighted by Gasteiger charge is -2.09. The molecule has 0 spiro atoms. The molecular formula is C12H13N3. The molecule has 0 unspecified atom stereocenters. The van der Waals surface area contributed by atoms with Crippen LogP contribution < -0.4 is 0 Å². The maximum atomic E-state index is 4.11. The first kappa shape index (κ1) is 8.53. The number of hydrogen-bond donors (Lipinski definition) is 1. The van der Waals surface area contributed by atoms with Crippen LogP contribution in [0.1, 0.15) is 19.9 Å². The van der Waals surface area contributed by atoms with Crippen molar-refractivity contribution in [3.8, 4) is 0 Å². The molecule has 0 saturated heterocycles. The summed E-state index contributed by atoms with van der Waals surface area (Å²) in [4.78, 5) is 0. The van der Waals surface area contributed by atoms with Gasteiger partial charge in [-0.15, -0.1) is 0 Å². The highest BCUT2D eigenvalue weighted by atomic mass is 15.1. The van der Waals surface area contributed by atoms with Gasteiger partial charge in [0.25, 0.3) is 0 Å². The van der Waals surface area contributed by atoms with Crippen molar-refractivity contribution in [1.82, 2.24) is 14.8 Å². The normalized spacial score (nSPS) is 11.9. The minimum atomic E-state index is 0.449. The van der Waals surface area contributed by atoms with Crippen LogP contribution in [-0.4, -0.2) is 14.8 Å². The molecule has 0 aliphatic carbocycles. The molecule has 3 heteroatoms. The third-order valence-corrected chi connectivity index (χ3v) is 2.83. The van der Waals surface area contributed by atoms with E-state index in [1.165, 1.54) is 16.4 Å². The summed E-state index contributed by atoms with van der Waals surface area (Å²) in [6.45, 7) is 4.39. The zero-order valence-electron chi connectivity index (χ0n) is 8.86. The molecule has 15 heavy (non-hydrogen) atoms. The van der Waals surface area contributed by atoms with E-state index in [9.17, 15) is 0 Å². The fraction of sp³-hybridized carbons (Fsp3) is 0.250. The van der Waals surface area contributed by atoms with Crippen molar-refractivity contribution in [2.75, 3.05) is 0 Å². The van der Waals surface area contributed by atoms with Crippen LogP contribution in [-0.2, 0) is 0 Å². The highest BCUT2D eigenvalue weighted by Crippen LogP contribution is 2.29. The lowest BCUT2D eigenvalue weighted by molar-refractivity contribution is 0.642. The molecule has 3 nitrogen and oxygen atoms in total. The largest absolute Gasteiger partial charge is 0.335 e. The third kappa shape index (κ3) is 1.03. The van der Waals surface area contributed by atoms with Crippen molar-refractivity contribution in [3.63, 3.8) is 0 Å². The molecule has 0 amide bonds. The van der Waals surface area contributed by atoms with E-state index < -0.39 is 0 Å². The molecule has 2 heterocycles. The van der Waals surface area contributed by atoms with Gasteiger partial charge in [-0.3, -0.25) is 5.10 Å². The Morgan fingerprint density at radius 2 is 2.00 bits per heavy atom. The molecule has 0 aliphatic rings. The molecule has 1 N–H and O–H groups in total. The number of aromatic amines is 1. The summed E-state index contributed by atoms with van der Waals surface area (Å²) in [7, 11) is 0. The molecule has 0 fully saturated rings. The van der Waals surface area contributed by atoms with Gasteiger partial charge < -0.3 is 4.57 Å². The fourth-order valence-corrected chi connectivity index (χ4v) is 2.24. The molecule has 0 bridgehead atoms. The van der Waals surface area contributed by atoms with Gasteiger partial charge in [0.05, 0.1) is 22.7 Å². The quantitative estimate of drug-likeness (QED) is 0.642. The summed E-state index contributed by atoms with van der Waals surface area (Å²) in [5, 5.41) is 8.42. The zero-order valence-corrected chi connectivity index (χ0v) is 8.86. The van der Waals surface area contributed by atoms with Crippen LogP contribution in [0.4, 0.5) is 0 Å². The van der Waals surface area contributed by atoms with Crippen molar-refractivity contribution >= 4 is 21.9 Å². The lowest BCUT2D eigenvalue weighted by Crippen LogP contribution is -1.98. The van der Waals surface area contributed by atoms with Gasteiger partial charge in [0.1, 0.15) is 0 Å². The number of nitrogens with one attached hydrogen (secondary N) is 1. The summed E-state index contributed by atoms with van der Waals surface area (Å²) in [6, 6.07) is 8.88. The molecule has 3 rings (SSSR count). The molecule has 0 aliphatic heterocycles. The van der Waals surface area contributed by atoms with E-state index in [0.717, 1.165) is 5.52 Å². The SMILES string of the molecule is CC(C)n1c2ccccc2c2[nH]ncc21.